The standard InChI is InChI=1S/C7H6N2O2S/c1-4-2-3-10-5(4)6-8-7(12)11-9-6/h2-3H,1H3,(H,8,9,12). The van der Waals surface area contributed by atoms with Crippen molar-refractivity contribution in [1.82, 2.24) is 10.1 Å². The number of aromatic amines is 1. The van der Waals surface area contributed by atoms with E-state index >= 15 is 0 Å². The lowest BCUT2D eigenvalue weighted by Gasteiger charge is -1.88. The molecule has 1 N–H and O–H groups in total. The summed E-state index contributed by atoms with van der Waals surface area (Å²) < 4.78 is 9.93. The van der Waals surface area contributed by atoms with Crippen LogP contribution in [0.3, 0.4) is 0 Å². The minimum Gasteiger partial charge on any atom is -0.461 e. The second kappa shape index (κ2) is 2.60. The van der Waals surface area contributed by atoms with Gasteiger partial charge in [-0.2, -0.15) is 10.1 Å². The summed E-state index contributed by atoms with van der Waals surface area (Å²) in [5.41, 5.74) is 0.995. The summed E-state index contributed by atoms with van der Waals surface area (Å²) in [4.78, 5) is 4.09. The first kappa shape index (κ1) is 7.30. The van der Waals surface area contributed by atoms with E-state index in [0.29, 0.717) is 11.6 Å². The quantitative estimate of drug-likeness (QED) is 0.687. The largest absolute Gasteiger partial charge is 0.461 e. The molecule has 0 saturated carbocycles. The Balaban J connectivity index is 2.57. The Hall–Kier alpha value is -1.36. The molecular weight excluding hydrogens is 176 g/mol. The van der Waals surface area contributed by atoms with Gasteiger partial charge in [0.1, 0.15) is 0 Å². The molecule has 2 aromatic heterocycles. The van der Waals surface area contributed by atoms with Crippen LogP contribution in [0.2, 0.25) is 0 Å². The van der Waals surface area contributed by atoms with Crippen molar-refractivity contribution >= 4 is 12.2 Å². The molecule has 0 saturated heterocycles. The van der Waals surface area contributed by atoms with E-state index in [1.807, 2.05) is 13.0 Å². The predicted octanol–water partition coefficient (Wildman–Crippen LogP) is 2.30. The minimum absolute atomic E-state index is 0.181. The van der Waals surface area contributed by atoms with Crippen LogP contribution >= 0.6 is 12.2 Å². The molecule has 0 spiro atoms. The zero-order chi connectivity index (χ0) is 8.55. The molecular formula is C7H6N2O2S. The van der Waals surface area contributed by atoms with E-state index in [-0.39, 0.29) is 4.84 Å². The molecule has 0 aromatic carbocycles. The fraction of sp³-hybridized carbons (Fsp3) is 0.143. The van der Waals surface area contributed by atoms with Crippen LogP contribution in [0.15, 0.2) is 21.3 Å². The number of furan rings is 1. The van der Waals surface area contributed by atoms with E-state index in [9.17, 15) is 0 Å². The molecule has 4 nitrogen and oxygen atoms in total. The second-order valence-electron chi connectivity index (χ2n) is 2.36. The maximum Gasteiger partial charge on any atom is 0.314 e. The van der Waals surface area contributed by atoms with Crippen molar-refractivity contribution in [2.24, 2.45) is 0 Å². The zero-order valence-electron chi connectivity index (χ0n) is 6.33. The van der Waals surface area contributed by atoms with Crippen LogP contribution < -0.4 is 0 Å². The smallest absolute Gasteiger partial charge is 0.314 e. The van der Waals surface area contributed by atoms with Crippen LogP contribution in [0.1, 0.15) is 5.56 Å². The highest BCUT2D eigenvalue weighted by Crippen LogP contribution is 2.19. The van der Waals surface area contributed by atoms with Crippen LogP contribution in [-0.4, -0.2) is 10.1 Å². The lowest BCUT2D eigenvalue weighted by Crippen LogP contribution is -1.78. The van der Waals surface area contributed by atoms with Gasteiger partial charge in [0.15, 0.2) is 5.76 Å². The number of hydrogen-bond acceptors (Lipinski definition) is 4. The van der Waals surface area contributed by atoms with E-state index < -0.39 is 0 Å². The Labute approximate surface area is 73.2 Å². The minimum atomic E-state index is 0.181. The molecule has 0 aliphatic heterocycles. The summed E-state index contributed by atoms with van der Waals surface area (Å²) >= 11 is 4.70. The van der Waals surface area contributed by atoms with Crippen LogP contribution in [0.4, 0.5) is 0 Å². The van der Waals surface area contributed by atoms with Crippen LogP contribution in [0.5, 0.6) is 0 Å². The highest BCUT2D eigenvalue weighted by atomic mass is 32.1. The predicted molar refractivity (Wildman–Crippen MR) is 44.1 cm³/mol. The Kier molecular flexibility index (Phi) is 1.58. The van der Waals surface area contributed by atoms with Gasteiger partial charge in [0.25, 0.3) is 0 Å². The number of aryl methyl sites for hydroxylation is 1. The van der Waals surface area contributed by atoms with E-state index in [2.05, 4.69) is 10.1 Å². The SMILES string of the molecule is Cc1ccoc1-c1nc(=S)o[nH]1. The topological polar surface area (TPSA) is 55.0 Å². The van der Waals surface area contributed by atoms with E-state index in [4.69, 9.17) is 21.2 Å². The fourth-order valence-electron chi connectivity index (χ4n) is 0.941. The van der Waals surface area contributed by atoms with E-state index in [1.165, 1.54) is 0 Å². The molecule has 0 atom stereocenters. The van der Waals surface area contributed by atoms with Gasteiger partial charge in [-0.3, -0.25) is 0 Å². The Morgan fingerprint density at radius 1 is 1.58 bits per heavy atom. The molecule has 0 amide bonds. The number of nitrogens with zero attached hydrogens (tertiary/aromatic N) is 1. The van der Waals surface area contributed by atoms with E-state index in [0.717, 1.165) is 5.56 Å². The van der Waals surface area contributed by atoms with Crippen molar-refractivity contribution in [2.45, 2.75) is 6.92 Å². The van der Waals surface area contributed by atoms with Crippen LogP contribution in [0, 0.1) is 11.8 Å². The maximum atomic E-state index is 5.16. The first-order valence-electron chi connectivity index (χ1n) is 3.37. The zero-order valence-corrected chi connectivity index (χ0v) is 7.14. The van der Waals surface area contributed by atoms with E-state index in [1.54, 1.807) is 6.26 Å². The van der Waals surface area contributed by atoms with Gasteiger partial charge in [-0.05, 0) is 30.8 Å². The molecule has 0 aliphatic rings. The molecule has 62 valence electrons. The van der Waals surface area contributed by atoms with Crippen molar-refractivity contribution in [2.75, 3.05) is 0 Å². The van der Waals surface area contributed by atoms with Gasteiger partial charge in [0, 0.05) is 0 Å². The lowest BCUT2D eigenvalue weighted by molar-refractivity contribution is 0.404. The number of hydrogen-bond donors (Lipinski definition) is 1. The molecule has 0 fully saturated rings. The summed E-state index contributed by atoms with van der Waals surface area (Å²) in [6.07, 6.45) is 1.59. The monoisotopic (exact) mass is 182 g/mol. The average molecular weight is 182 g/mol. The second-order valence-corrected chi connectivity index (χ2v) is 2.71. The molecule has 2 aromatic rings. The van der Waals surface area contributed by atoms with Crippen molar-refractivity contribution < 1.29 is 8.94 Å². The molecule has 2 rings (SSSR count). The highest BCUT2D eigenvalue weighted by Gasteiger charge is 2.08. The number of H-pyrrole nitrogens is 1. The molecule has 12 heavy (non-hydrogen) atoms. The van der Waals surface area contributed by atoms with Gasteiger partial charge >= 0.3 is 4.84 Å². The first-order chi connectivity index (χ1) is 5.77. The Morgan fingerprint density at radius 2 is 2.42 bits per heavy atom. The van der Waals surface area contributed by atoms with Gasteiger partial charge < -0.3 is 8.94 Å². The van der Waals surface area contributed by atoms with Crippen molar-refractivity contribution in [1.29, 1.82) is 0 Å². The molecule has 0 bridgehead atoms. The summed E-state index contributed by atoms with van der Waals surface area (Å²) in [5, 5.41) is 2.56. The van der Waals surface area contributed by atoms with Crippen LogP contribution in [-0.2, 0) is 0 Å². The third-order valence-corrected chi connectivity index (χ3v) is 1.69. The Morgan fingerprint density at radius 3 is 2.92 bits per heavy atom. The number of aromatic nitrogens is 2. The number of nitrogens with one attached hydrogen (secondary N) is 1. The average Bonchev–Trinajstić information content (AvgIpc) is 2.58. The van der Waals surface area contributed by atoms with Crippen molar-refractivity contribution in [3.05, 3.63) is 22.7 Å². The molecule has 5 heteroatoms. The maximum absolute atomic E-state index is 5.16. The first-order valence-corrected chi connectivity index (χ1v) is 3.78. The lowest BCUT2D eigenvalue weighted by atomic mass is 10.3. The third kappa shape index (κ3) is 1.08. The molecule has 2 heterocycles. The molecule has 0 aliphatic carbocycles. The highest BCUT2D eigenvalue weighted by molar-refractivity contribution is 7.71. The molecule has 0 radical (unpaired) electrons. The summed E-state index contributed by atoms with van der Waals surface area (Å²) in [6.45, 7) is 1.92. The number of rotatable bonds is 1. The normalized spacial score (nSPS) is 10.4. The fourth-order valence-corrected chi connectivity index (χ4v) is 1.07. The summed E-state index contributed by atoms with van der Waals surface area (Å²) in [6, 6.07) is 1.85. The van der Waals surface area contributed by atoms with Crippen molar-refractivity contribution in [3.8, 4) is 11.6 Å². The van der Waals surface area contributed by atoms with Gasteiger partial charge in [0.2, 0.25) is 5.82 Å². The van der Waals surface area contributed by atoms with Crippen LogP contribution in [0.25, 0.3) is 11.6 Å². The van der Waals surface area contributed by atoms with Gasteiger partial charge in [-0.15, -0.1) is 0 Å². The van der Waals surface area contributed by atoms with Gasteiger partial charge in [0.05, 0.1) is 6.26 Å². The molecule has 0 unspecified atom stereocenters. The third-order valence-electron chi connectivity index (χ3n) is 1.52. The van der Waals surface area contributed by atoms with Gasteiger partial charge in [-0.1, -0.05) is 0 Å². The summed E-state index contributed by atoms with van der Waals surface area (Å²) in [5.74, 6) is 1.19. The summed E-state index contributed by atoms with van der Waals surface area (Å²) in [7, 11) is 0. The van der Waals surface area contributed by atoms with Gasteiger partial charge in [-0.25, -0.2) is 0 Å². The Bertz CT molecular complexity index is 440. The van der Waals surface area contributed by atoms with Crippen molar-refractivity contribution in [3.63, 3.8) is 0 Å².